The number of hydrogen-bond donors (Lipinski definition) is 1. The second-order valence-electron chi connectivity index (χ2n) is 4.19. The van der Waals surface area contributed by atoms with Crippen molar-refractivity contribution in [2.75, 3.05) is 11.9 Å². The van der Waals surface area contributed by atoms with Gasteiger partial charge in [-0.05, 0) is 31.0 Å². The van der Waals surface area contributed by atoms with Crippen LogP contribution in [0.15, 0.2) is 18.2 Å². The summed E-state index contributed by atoms with van der Waals surface area (Å²) in [4.78, 5) is 11.7. The summed E-state index contributed by atoms with van der Waals surface area (Å²) in [5, 5.41) is 11.5. The summed E-state index contributed by atoms with van der Waals surface area (Å²) in [6.45, 7) is 0.692. The third kappa shape index (κ3) is 3.05. The summed E-state index contributed by atoms with van der Waals surface area (Å²) in [5.41, 5.74) is 0.456. The van der Waals surface area contributed by atoms with E-state index in [1.54, 1.807) is 0 Å². The van der Waals surface area contributed by atoms with Gasteiger partial charge in [-0.15, -0.1) is 0 Å². The van der Waals surface area contributed by atoms with Crippen LogP contribution < -0.4 is 5.32 Å². The average molecular weight is 248 g/mol. The number of rotatable bonds is 3. The van der Waals surface area contributed by atoms with Crippen molar-refractivity contribution in [2.24, 2.45) is 0 Å². The number of carbonyl (C=O) groups excluding carboxylic acids is 1. The Hall–Kier alpha value is -1.93. The second kappa shape index (κ2) is 5.61. The molecular formula is C13H13FN2O2. The zero-order valence-electron chi connectivity index (χ0n) is 9.78. The van der Waals surface area contributed by atoms with Crippen LogP contribution in [0.5, 0.6) is 0 Å². The molecule has 0 spiro atoms. The molecule has 1 heterocycles. The SMILES string of the molecule is N#Cc1cc(F)ccc1NC(=O)CC1CCCO1. The van der Waals surface area contributed by atoms with E-state index in [-0.39, 0.29) is 24.0 Å². The summed E-state index contributed by atoms with van der Waals surface area (Å²) in [6, 6.07) is 5.55. The van der Waals surface area contributed by atoms with Crippen molar-refractivity contribution < 1.29 is 13.9 Å². The first-order chi connectivity index (χ1) is 8.69. The van der Waals surface area contributed by atoms with E-state index in [0.29, 0.717) is 12.3 Å². The highest BCUT2D eigenvalue weighted by Gasteiger charge is 2.19. The number of halogens is 1. The van der Waals surface area contributed by atoms with Crippen LogP contribution >= 0.6 is 0 Å². The molecule has 1 aliphatic rings. The molecule has 1 aliphatic heterocycles. The largest absolute Gasteiger partial charge is 0.378 e. The number of nitriles is 1. The van der Waals surface area contributed by atoms with Crippen molar-refractivity contribution in [3.63, 3.8) is 0 Å². The number of benzene rings is 1. The molecule has 1 unspecified atom stereocenters. The highest BCUT2D eigenvalue weighted by Crippen LogP contribution is 2.19. The van der Waals surface area contributed by atoms with E-state index in [0.717, 1.165) is 18.9 Å². The molecule has 94 valence electrons. The summed E-state index contributed by atoms with van der Waals surface area (Å²) in [6.07, 6.45) is 2.07. The maximum absolute atomic E-state index is 12.9. The first-order valence-electron chi connectivity index (χ1n) is 5.80. The summed E-state index contributed by atoms with van der Waals surface area (Å²) in [5.74, 6) is -0.714. The highest BCUT2D eigenvalue weighted by molar-refractivity contribution is 5.92. The second-order valence-corrected chi connectivity index (χ2v) is 4.19. The minimum Gasteiger partial charge on any atom is -0.378 e. The third-order valence-electron chi connectivity index (χ3n) is 2.81. The van der Waals surface area contributed by atoms with Gasteiger partial charge in [-0.3, -0.25) is 4.79 Å². The number of carbonyl (C=O) groups is 1. The van der Waals surface area contributed by atoms with E-state index in [2.05, 4.69) is 5.32 Å². The Labute approximate surface area is 104 Å². The number of nitrogens with zero attached hydrogens (tertiary/aromatic N) is 1. The van der Waals surface area contributed by atoms with Crippen LogP contribution in [0.2, 0.25) is 0 Å². The zero-order chi connectivity index (χ0) is 13.0. The van der Waals surface area contributed by atoms with Crippen LogP contribution in [-0.4, -0.2) is 18.6 Å². The molecule has 1 atom stereocenters. The summed E-state index contributed by atoms with van der Waals surface area (Å²) < 4.78 is 18.3. The van der Waals surface area contributed by atoms with Crippen molar-refractivity contribution >= 4 is 11.6 Å². The lowest BCUT2D eigenvalue weighted by atomic mass is 10.1. The van der Waals surface area contributed by atoms with Gasteiger partial charge in [-0.25, -0.2) is 4.39 Å². The standard InChI is InChI=1S/C13H13FN2O2/c14-10-3-4-12(9(6-10)8-15)16-13(17)7-11-2-1-5-18-11/h3-4,6,11H,1-2,5,7H2,(H,16,17). The van der Waals surface area contributed by atoms with Gasteiger partial charge in [0, 0.05) is 6.61 Å². The van der Waals surface area contributed by atoms with Crippen LogP contribution in [0.1, 0.15) is 24.8 Å². The number of anilines is 1. The normalized spacial score (nSPS) is 18.3. The van der Waals surface area contributed by atoms with Gasteiger partial charge in [0.05, 0.1) is 23.8 Å². The van der Waals surface area contributed by atoms with Crippen molar-refractivity contribution in [1.82, 2.24) is 0 Å². The molecule has 2 rings (SSSR count). The highest BCUT2D eigenvalue weighted by atomic mass is 19.1. The molecule has 5 heteroatoms. The lowest BCUT2D eigenvalue weighted by molar-refractivity contribution is -0.118. The van der Waals surface area contributed by atoms with E-state index in [9.17, 15) is 9.18 Å². The summed E-state index contributed by atoms with van der Waals surface area (Å²) in [7, 11) is 0. The number of amides is 1. The van der Waals surface area contributed by atoms with Gasteiger partial charge >= 0.3 is 0 Å². The number of hydrogen-bond acceptors (Lipinski definition) is 3. The third-order valence-corrected chi connectivity index (χ3v) is 2.81. The minimum atomic E-state index is -0.497. The maximum atomic E-state index is 12.9. The maximum Gasteiger partial charge on any atom is 0.227 e. The lowest BCUT2D eigenvalue weighted by Gasteiger charge is -2.10. The quantitative estimate of drug-likeness (QED) is 0.892. The first-order valence-corrected chi connectivity index (χ1v) is 5.80. The predicted octanol–water partition coefficient (Wildman–Crippen LogP) is 2.20. The Bertz CT molecular complexity index is 490. The smallest absolute Gasteiger partial charge is 0.227 e. The molecule has 18 heavy (non-hydrogen) atoms. The molecule has 0 bridgehead atoms. The van der Waals surface area contributed by atoms with E-state index in [4.69, 9.17) is 10.00 Å². The van der Waals surface area contributed by atoms with Crippen LogP contribution in [0.3, 0.4) is 0 Å². The molecule has 1 saturated heterocycles. The molecule has 1 aromatic rings. The Balaban J connectivity index is 2.00. The van der Waals surface area contributed by atoms with Gasteiger partial charge < -0.3 is 10.1 Å². The van der Waals surface area contributed by atoms with E-state index in [1.165, 1.54) is 12.1 Å². The monoisotopic (exact) mass is 248 g/mol. The Kier molecular flexibility index (Phi) is 3.90. The lowest BCUT2D eigenvalue weighted by Crippen LogP contribution is -2.19. The van der Waals surface area contributed by atoms with E-state index >= 15 is 0 Å². The van der Waals surface area contributed by atoms with Gasteiger partial charge in [0.15, 0.2) is 0 Å². The van der Waals surface area contributed by atoms with Gasteiger partial charge in [0.25, 0.3) is 0 Å². The molecule has 1 amide bonds. The molecule has 0 aliphatic carbocycles. The van der Waals surface area contributed by atoms with Crippen LogP contribution in [0, 0.1) is 17.1 Å². The van der Waals surface area contributed by atoms with Crippen molar-refractivity contribution in [1.29, 1.82) is 5.26 Å². The van der Waals surface area contributed by atoms with Gasteiger partial charge in [-0.2, -0.15) is 5.26 Å². The average Bonchev–Trinajstić information content (AvgIpc) is 2.84. The topological polar surface area (TPSA) is 62.1 Å². The molecule has 0 aromatic heterocycles. The minimum absolute atomic E-state index is 0.0454. The van der Waals surface area contributed by atoms with E-state index < -0.39 is 5.82 Å². The van der Waals surface area contributed by atoms with Gasteiger partial charge in [0.2, 0.25) is 5.91 Å². The fraction of sp³-hybridized carbons (Fsp3) is 0.385. The van der Waals surface area contributed by atoms with Crippen LogP contribution in [0.25, 0.3) is 0 Å². The predicted molar refractivity (Wildman–Crippen MR) is 63.3 cm³/mol. The Morgan fingerprint density at radius 3 is 3.11 bits per heavy atom. The van der Waals surface area contributed by atoms with Crippen LogP contribution in [0.4, 0.5) is 10.1 Å². The molecule has 1 aromatic carbocycles. The van der Waals surface area contributed by atoms with Crippen LogP contribution in [-0.2, 0) is 9.53 Å². The molecular weight excluding hydrogens is 235 g/mol. The molecule has 4 nitrogen and oxygen atoms in total. The molecule has 0 radical (unpaired) electrons. The number of ether oxygens (including phenoxy) is 1. The Morgan fingerprint density at radius 1 is 1.61 bits per heavy atom. The fourth-order valence-electron chi connectivity index (χ4n) is 1.93. The molecule has 1 fully saturated rings. The van der Waals surface area contributed by atoms with Crippen molar-refractivity contribution in [3.8, 4) is 6.07 Å². The first kappa shape index (κ1) is 12.5. The zero-order valence-corrected chi connectivity index (χ0v) is 9.78. The van der Waals surface area contributed by atoms with Crippen molar-refractivity contribution in [3.05, 3.63) is 29.6 Å². The molecule has 1 N–H and O–H groups in total. The Morgan fingerprint density at radius 2 is 2.44 bits per heavy atom. The van der Waals surface area contributed by atoms with E-state index in [1.807, 2.05) is 6.07 Å². The summed E-state index contributed by atoms with van der Waals surface area (Å²) >= 11 is 0. The van der Waals surface area contributed by atoms with Gasteiger partial charge in [-0.1, -0.05) is 0 Å². The fourth-order valence-corrected chi connectivity index (χ4v) is 1.93. The number of nitrogens with one attached hydrogen (secondary N) is 1. The van der Waals surface area contributed by atoms with Crippen molar-refractivity contribution in [2.45, 2.75) is 25.4 Å². The molecule has 0 saturated carbocycles. The van der Waals surface area contributed by atoms with Gasteiger partial charge in [0.1, 0.15) is 11.9 Å².